The molecule has 0 atom stereocenters. The van der Waals surface area contributed by atoms with Gasteiger partial charge in [-0.25, -0.2) is 0 Å². The number of hydrogen-bond donors (Lipinski definition) is 1. The Morgan fingerprint density at radius 3 is 2.56 bits per heavy atom. The highest BCUT2D eigenvalue weighted by Crippen LogP contribution is 2.34. The average molecular weight is 267 g/mol. The molecule has 0 saturated carbocycles. The first kappa shape index (κ1) is 13.7. The van der Waals surface area contributed by atoms with Gasteiger partial charge in [-0.1, -0.05) is 31.5 Å². The maximum atomic E-state index is 6.13. The number of piperidine rings is 1. The summed E-state index contributed by atoms with van der Waals surface area (Å²) in [6.07, 6.45) is 3.40. The molecule has 100 valence electrons. The fourth-order valence-electron chi connectivity index (χ4n) is 2.55. The van der Waals surface area contributed by atoms with Crippen molar-refractivity contribution in [2.45, 2.75) is 33.1 Å². The first-order valence-corrected chi connectivity index (χ1v) is 7.13. The SMILES string of the molecule is CC1(C)CCN(c2cc(Cl)ccc2CCN)CC1. The van der Waals surface area contributed by atoms with Gasteiger partial charge in [-0.05, 0) is 48.9 Å². The summed E-state index contributed by atoms with van der Waals surface area (Å²) in [4.78, 5) is 2.46. The van der Waals surface area contributed by atoms with Crippen molar-refractivity contribution >= 4 is 17.3 Å². The molecule has 0 aromatic heterocycles. The number of nitrogens with two attached hydrogens (primary N) is 1. The predicted octanol–water partition coefficient (Wildman–Crippen LogP) is 3.47. The summed E-state index contributed by atoms with van der Waals surface area (Å²) >= 11 is 6.13. The Morgan fingerprint density at radius 2 is 1.94 bits per heavy atom. The Kier molecular flexibility index (Phi) is 4.18. The van der Waals surface area contributed by atoms with Gasteiger partial charge in [0.05, 0.1) is 0 Å². The summed E-state index contributed by atoms with van der Waals surface area (Å²) in [5.74, 6) is 0. The van der Waals surface area contributed by atoms with Gasteiger partial charge in [-0.3, -0.25) is 0 Å². The van der Waals surface area contributed by atoms with E-state index < -0.39 is 0 Å². The molecule has 1 aliphatic rings. The third-order valence-corrected chi connectivity index (χ3v) is 4.15. The lowest BCUT2D eigenvalue weighted by Crippen LogP contribution is -2.37. The summed E-state index contributed by atoms with van der Waals surface area (Å²) in [5, 5.41) is 0.815. The van der Waals surface area contributed by atoms with E-state index in [1.54, 1.807) is 0 Å². The molecule has 0 aliphatic carbocycles. The number of benzene rings is 1. The van der Waals surface area contributed by atoms with Crippen LogP contribution in [0.25, 0.3) is 0 Å². The highest BCUT2D eigenvalue weighted by molar-refractivity contribution is 6.30. The smallest absolute Gasteiger partial charge is 0.0426 e. The maximum absolute atomic E-state index is 6.13. The highest BCUT2D eigenvalue weighted by atomic mass is 35.5. The molecule has 1 saturated heterocycles. The molecular weight excluding hydrogens is 244 g/mol. The normalized spacial score (nSPS) is 19.0. The number of hydrogen-bond acceptors (Lipinski definition) is 2. The van der Waals surface area contributed by atoms with Crippen LogP contribution in [0.3, 0.4) is 0 Å². The van der Waals surface area contributed by atoms with Crippen LogP contribution in [0.2, 0.25) is 5.02 Å². The Balaban J connectivity index is 2.19. The first-order valence-electron chi connectivity index (χ1n) is 6.75. The van der Waals surface area contributed by atoms with Gasteiger partial charge in [0.15, 0.2) is 0 Å². The quantitative estimate of drug-likeness (QED) is 0.908. The summed E-state index contributed by atoms with van der Waals surface area (Å²) in [6.45, 7) is 7.62. The number of rotatable bonds is 3. The predicted molar refractivity (Wildman–Crippen MR) is 79.4 cm³/mol. The van der Waals surface area contributed by atoms with E-state index in [9.17, 15) is 0 Å². The van der Waals surface area contributed by atoms with E-state index in [0.29, 0.717) is 12.0 Å². The Hall–Kier alpha value is -0.730. The molecule has 3 heteroatoms. The third kappa shape index (κ3) is 3.18. The van der Waals surface area contributed by atoms with Gasteiger partial charge in [0.1, 0.15) is 0 Å². The molecule has 0 amide bonds. The molecular formula is C15H23ClN2. The van der Waals surface area contributed by atoms with E-state index in [-0.39, 0.29) is 0 Å². The Morgan fingerprint density at radius 1 is 1.28 bits per heavy atom. The van der Waals surface area contributed by atoms with Gasteiger partial charge >= 0.3 is 0 Å². The van der Waals surface area contributed by atoms with Gasteiger partial charge < -0.3 is 10.6 Å². The van der Waals surface area contributed by atoms with E-state index in [4.69, 9.17) is 17.3 Å². The second-order valence-corrected chi connectivity index (χ2v) is 6.40. The van der Waals surface area contributed by atoms with Crippen LogP contribution in [0.1, 0.15) is 32.3 Å². The lowest BCUT2D eigenvalue weighted by Gasteiger charge is -2.39. The zero-order valence-corrected chi connectivity index (χ0v) is 12.1. The van der Waals surface area contributed by atoms with E-state index in [1.165, 1.54) is 24.1 Å². The van der Waals surface area contributed by atoms with Crippen LogP contribution in [0.5, 0.6) is 0 Å². The van der Waals surface area contributed by atoms with Crippen molar-refractivity contribution in [1.29, 1.82) is 0 Å². The molecule has 2 nitrogen and oxygen atoms in total. The van der Waals surface area contributed by atoms with Gasteiger partial charge in [0.25, 0.3) is 0 Å². The van der Waals surface area contributed by atoms with Gasteiger partial charge in [0.2, 0.25) is 0 Å². The van der Waals surface area contributed by atoms with Crippen LogP contribution in [-0.2, 0) is 6.42 Å². The molecule has 1 aliphatic heterocycles. The second kappa shape index (κ2) is 5.50. The first-order chi connectivity index (χ1) is 8.52. The van der Waals surface area contributed by atoms with E-state index in [0.717, 1.165) is 24.5 Å². The van der Waals surface area contributed by atoms with Crippen molar-refractivity contribution in [3.63, 3.8) is 0 Å². The molecule has 2 rings (SSSR count). The molecule has 1 aromatic rings. The van der Waals surface area contributed by atoms with Gasteiger partial charge in [0, 0.05) is 23.8 Å². The largest absolute Gasteiger partial charge is 0.371 e. The Labute approximate surface area is 115 Å². The van der Waals surface area contributed by atoms with Crippen LogP contribution < -0.4 is 10.6 Å². The molecule has 0 unspecified atom stereocenters. The fourth-order valence-corrected chi connectivity index (χ4v) is 2.72. The molecule has 1 fully saturated rings. The monoisotopic (exact) mass is 266 g/mol. The van der Waals surface area contributed by atoms with Gasteiger partial charge in [-0.2, -0.15) is 0 Å². The number of nitrogens with zero attached hydrogens (tertiary/aromatic N) is 1. The molecule has 18 heavy (non-hydrogen) atoms. The second-order valence-electron chi connectivity index (χ2n) is 5.96. The molecule has 1 heterocycles. The minimum Gasteiger partial charge on any atom is -0.371 e. The summed E-state index contributed by atoms with van der Waals surface area (Å²) in [6, 6.07) is 6.17. The number of anilines is 1. The fraction of sp³-hybridized carbons (Fsp3) is 0.600. The average Bonchev–Trinajstić information content (AvgIpc) is 2.32. The molecule has 0 bridgehead atoms. The van der Waals surface area contributed by atoms with Crippen LogP contribution >= 0.6 is 11.6 Å². The summed E-state index contributed by atoms with van der Waals surface area (Å²) in [5.41, 5.74) is 8.77. The molecule has 2 N–H and O–H groups in total. The van der Waals surface area contributed by atoms with Crippen LogP contribution in [-0.4, -0.2) is 19.6 Å². The van der Waals surface area contributed by atoms with Crippen molar-refractivity contribution < 1.29 is 0 Å². The lowest BCUT2D eigenvalue weighted by molar-refractivity contribution is 0.279. The van der Waals surface area contributed by atoms with Crippen LogP contribution in [0.15, 0.2) is 18.2 Å². The maximum Gasteiger partial charge on any atom is 0.0426 e. The molecule has 0 spiro atoms. The van der Waals surface area contributed by atoms with E-state index in [2.05, 4.69) is 30.9 Å². The minimum absolute atomic E-state index is 0.475. The zero-order valence-electron chi connectivity index (χ0n) is 11.4. The van der Waals surface area contributed by atoms with Crippen molar-refractivity contribution in [2.75, 3.05) is 24.5 Å². The standard InChI is InChI=1S/C15H23ClN2/c1-15(2)6-9-18(10-7-15)14-11-13(16)4-3-12(14)5-8-17/h3-4,11H,5-10,17H2,1-2H3. The summed E-state index contributed by atoms with van der Waals surface area (Å²) < 4.78 is 0. The molecule has 1 aromatic carbocycles. The van der Waals surface area contributed by atoms with Gasteiger partial charge in [-0.15, -0.1) is 0 Å². The summed E-state index contributed by atoms with van der Waals surface area (Å²) in [7, 11) is 0. The van der Waals surface area contributed by atoms with E-state index in [1.807, 2.05) is 6.07 Å². The molecule has 0 radical (unpaired) electrons. The minimum atomic E-state index is 0.475. The van der Waals surface area contributed by atoms with Crippen molar-refractivity contribution in [3.05, 3.63) is 28.8 Å². The highest BCUT2D eigenvalue weighted by Gasteiger charge is 2.26. The van der Waals surface area contributed by atoms with Crippen molar-refractivity contribution in [3.8, 4) is 0 Å². The number of halogens is 1. The third-order valence-electron chi connectivity index (χ3n) is 3.92. The van der Waals surface area contributed by atoms with Crippen LogP contribution in [0, 0.1) is 5.41 Å². The topological polar surface area (TPSA) is 29.3 Å². The van der Waals surface area contributed by atoms with Crippen LogP contribution in [0.4, 0.5) is 5.69 Å². The Bertz CT molecular complexity index is 405. The zero-order chi connectivity index (χ0) is 13.2. The lowest BCUT2D eigenvalue weighted by atomic mass is 9.82. The van der Waals surface area contributed by atoms with Crippen molar-refractivity contribution in [2.24, 2.45) is 11.1 Å². The van der Waals surface area contributed by atoms with Crippen molar-refractivity contribution in [1.82, 2.24) is 0 Å². The van der Waals surface area contributed by atoms with E-state index >= 15 is 0 Å².